The molecule has 3 heterocycles. The lowest BCUT2D eigenvalue weighted by molar-refractivity contribution is 0.404. The molecule has 6 nitrogen and oxygen atoms in total. The number of ether oxygens (including phenoxy) is 1. The van der Waals surface area contributed by atoms with E-state index in [1.807, 2.05) is 28.8 Å². The highest BCUT2D eigenvalue weighted by Gasteiger charge is 2.13. The van der Waals surface area contributed by atoms with Gasteiger partial charge in [-0.2, -0.15) is 5.10 Å². The molecule has 0 fully saturated rings. The molecule has 0 spiro atoms. The lowest BCUT2D eigenvalue weighted by Gasteiger charge is -2.11. The van der Waals surface area contributed by atoms with Crippen molar-refractivity contribution in [2.45, 2.75) is 12.8 Å². The van der Waals surface area contributed by atoms with Crippen LogP contribution in [-0.2, 0) is 12.8 Å². The van der Waals surface area contributed by atoms with E-state index in [0.717, 1.165) is 11.4 Å². The molecule has 3 aromatic heterocycles. The third-order valence-corrected chi connectivity index (χ3v) is 4.20. The third kappa shape index (κ3) is 2.73. The number of aromatic nitrogens is 5. The molecule has 0 N–H and O–H groups in total. The number of halogens is 1. The van der Waals surface area contributed by atoms with Gasteiger partial charge < -0.3 is 4.74 Å². The molecule has 0 amide bonds. The number of hydrogen-bond donors (Lipinski definition) is 0. The molecule has 0 aliphatic carbocycles. The molecule has 4 aromatic rings. The number of hydrogen-bond acceptors (Lipinski definition) is 4. The Bertz CT molecular complexity index is 1010. The first-order valence-corrected chi connectivity index (χ1v) is 7.91. The molecule has 0 aliphatic rings. The first kappa shape index (κ1) is 15.3. The van der Waals surface area contributed by atoms with Gasteiger partial charge in [0.2, 0.25) is 0 Å². The summed E-state index contributed by atoms with van der Waals surface area (Å²) >= 11 is 0. The summed E-state index contributed by atoms with van der Waals surface area (Å²) < 4.78 is 23.0. The zero-order chi connectivity index (χ0) is 17.2. The predicted molar refractivity (Wildman–Crippen MR) is 90.5 cm³/mol. The van der Waals surface area contributed by atoms with Crippen LogP contribution in [0, 0.1) is 5.82 Å². The summed E-state index contributed by atoms with van der Waals surface area (Å²) in [5.41, 5.74) is 3.11. The summed E-state index contributed by atoms with van der Waals surface area (Å²) in [6.45, 7) is 0. The Labute approximate surface area is 143 Å². The number of pyridine rings is 1. The van der Waals surface area contributed by atoms with E-state index in [1.165, 1.54) is 6.07 Å². The molecule has 7 heteroatoms. The Kier molecular flexibility index (Phi) is 3.89. The molecule has 0 saturated heterocycles. The fourth-order valence-corrected chi connectivity index (χ4v) is 2.97. The largest absolute Gasteiger partial charge is 0.496 e. The van der Waals surface area contributed by atoms with E-state index in [4.69, 9.17) is 4.74 Å². The van der Waals surface area contributed by atoms with E-state index in [-0.39, 0.29) is 5.82 Å². The topological polar surface area (TPSA) is 57.2 Å². The van der Waals surface area contributed by atoms with E-state index in [9.17, 15) is 4.39 Å². The zero-order valence-electron chi connectivity index (χ0n) is 13.6. The second-order valence-electron chi connectivity index (χ2n) is 5.61. The highest BCUT2D eigenvalue weighted by atomic mass is 19.1. The van der Waals surface area contributed by atoms with Crippen LogP contribution >= 0.6 is 0 Å². The Morgan fingerprint density at radius 2 is 2.04 bits per heavy atom. The molecule has 126 valence electrons. The van der Waals surface area contributed by atoms with E-state index in [0.29, 0.717) is 29.8 Å². The summed E-state index contributed by atoms with van der Waals surface area (Å²) in [5.74, 6) is 0.306. The van der Waals surface area contributed by atoms with Gasteiger partial charge in [-0.3, -0.25) is 4.40 Å². The Morgan fingerprint density at radius 3 is 2.84 bits per heavy atom. The van der Waals surface area contributed by atoms with Crippen molar-refractivity contribution < 1.29 is 9.13 Å². The molecule has 0 saturated carbocycles. The van der Waals surface area contributed by atoms with Crippen molar-refractivity contribution in [1.29, 1.82) is 0 Å². The molecular weight excluding hydrogens is 321 g/mol. The van der Waals surface area contributed by atoms with Crippen LogP contribution in [0.25, 0.3) is 11.3 Å². The Morgan fingerprint density at radius 1 is 1.12 bits per heavy atom. The first-order valence-electron chi connectivity index (χ1n) is 7.91. The zero-order valence-corrected chi connectivity index (χ0v) is 13.6. The van der Waals surface area contributed by atoms with Crippen LogP contribution in [0.1, 0.15) is 11.3 Å². The van der Waals surface area contributed by atoms with Crippen molar-refractivity contribution >= 4 is 5.65 Å². The van der Waals surface area contributed by atoms with E-state index in [2.05, 4.69) is 15.3 Å². The standard InChI is InChI=1S/C18H16FN5O/c1-25-17-5-2-4-15(19)14(17)8-6-13-7-9-16(24-11-3-10-21-24)18-22-20-12-23(13)18/h2-5,7,9-12H,6,8H2,1H3. The van der Waals surface area contributed by atoms with Crippen molar-refractivity contribution in [3.8, 4) is 11.4 Å². The van der Waals surface area contributed by atoms with Crippen molar-refractivity contribution in [1.82, 2.24) is 24.4 Å². The number of nitrogens with zero attached hydrogens (tertiary/aromatic N) is 5. The van der Waals surface area contributed by atoms with Gasteiger partial charge in [-0.15, -0.1) is 10.2 Å². The maximum Gasteiger partial charge on any atom is 0.186 e. The second kappa shape index (κ2) is 6.35. The van der Waals surface area contributed by atoms with Gasteiger partial charge in [0.25, 0.3) is 0 Å². The monoisotopic (exact) mass is 337 g/mol. The maximum absolute atomic E-state index is 14.1. The van der Waals surface area contributed by atoms with Gasteiger partial charge in [0, 0.05) is 23.7 Å². The van der Waals surface area contributed by atoms with E-state index in [1.54, 1.807) is 36.4 Å². The van der Waals surface area contributed by atoms with Gasteiger partial charge in [0.1, 0.15) is 23.6 Å². The van der Waals surface area contributed by atoms with Crippen LogP contribution in [0.15, 0.2) is 55.1 Å². The van der Waals surface area contributed by atoms with Gasteiger partial charge in [-0.05, 0) is 43.2 Å². The van der Waals surface area contributed by atoms with Gasteiger partial charge >= 0.3 is 0 Å². The summed E-state index contributed by atoms with van der Waals surface area (Å²) in [6.07, 6.45) is 6.38. The van der Waals surface area contributed by atoms with Crippen LogP contribution < -0.4 is 4.74 Å². The lowest BCUT2D eigenvalue weighted by atomic mass is 10.1. The minimum absolute atomic E-state index is 0.257. The number of methoxy groups -OCH3 is 1. The molecule has 0 atom stereocenters. The first-order chi connectivity index (χ1) is 12.3. The van der Waals surface area contributed by atoms with Gasteiger partial charge in [0.05, 0.1) is 7.11 Å². The average molecular weight is 337 g/mol. The van der Waals surface area contributed by atoms with Crippen molar-refractivity contribution in [3.05, 3.63) is 72.2 Å². The van der Waals surface area contributed by atoms with Gasteiger partial charge in [-0.25, -0.2) is 9.07 Å². The Balaban J connectivity index is 1.68. The van der Waals surface area contributed by atoms with Gasteiger partial charge in [-0.1, -0.05) is 6.07 Å². The highest BCUT2D eigenvalue weighted by Crippen LogP contribution is 2.24. The van der Waals surface area contributed by atoms with Crippen LogP contribution in [-0.4, -0.2) is 31.5 Å². The average Bonchev–Trinajstić information content (AvgIpc) is 3.32. The number of aryl methyl sites for hydroxylation is 1. The minimum atomic E-state index is -0.257. The fraction of sp³-hybridized carbons (Fsp3) is 0.167. The fourth-order valence-electron chi connectivity index (χ4n) is 2.97. The normalized spacial score (nSPS) is 11.1. The summed E-state index contributed by atoms with van der Waals surface area (Å²) in [7, 11) is 1.55. The summed E-state index contributed by atoms with van der Waals surface area (Å²) in [6, 6.07) is 10.7. The van der Waals surface area contributed by atoms with Crippen LogP contribution in [0.2, 0.25) is 0 Å². The smallest absolute Gasteiger partial charge is 0.186 e. The maximum atomic E-state index is 14.1. The SMILES string of the molecule is COc1cccc(F)c1CCc1ccc(-n2cccn2)c2nncn12. The minimum Gasteiger partial charge on any atom is -0.496 e. The summed E-state index contributed by atoms with van der Waals surface area (Å²) in [4.78, 5) is 0. The van der Waals surface area contributed by atoms with Crippen LogP contribution in [0.4, 0.5) is 4.39 Å². The van der Waals surface area contributed by atoms with Crippen molar-refractivity contribution in [2.75, 3.05) is 7.11 Å². The van der Waals surface area contributed by atoms with Crippen LogP contribution in [0.5, 0.6) is 5.75 Å². The third-order valence-electron chi connectivity index (χ3n) is 4.20. The molecular formula is C18H16FN5O. The lowest BCUT2D eigenvalue weighted by Crippen LogP contribution is -2.05. The van der Waals surface area contributed by atoms with Crippen molar-refractivity contribution in [2.24, 2.45) is 0 Å². The molecule has 0 aliphatic heterocycles. The Hall–Kier alpha value is -3.22. The predicted octanol–water partition coefficient (Wildman–Crippen LogP) is 2.85. The molecule has 0 radical (unpaired) electrons. The molecule has 0 bridgehead atoms. The molecule has 4 rings (SSSR count). The second-order valence-corrected chi connectivity index (χ2v) is 5.61. The number of fused-ring (bicyclic) bond motifs is 1. The van der Waals surface area contributed by atoms with Gasteiger partial charge in [0.15, 0.2) is 5.65 Å². The van der Waals surface area contributed by atoms with E-state index < -0.39 is 0 Å². The van der Waals surface area contributed by atoms with Crippen LogP contribution in [0.3, 0.4) is 0 Å². The quantitative estimate of drug-likeness (QED) is 0.562. The molecule has 1 aromatic carbocycles. The number of rotatable bonds is 5. The van der Waals surface area contributed by atoms with Crippen molar-refractivity contribution in [3.63, 3.8) is 0 Å². The van der Waals surface area contributed by atoms with E-state index >= 15 is 0 Å². The highest BCUT2D eigenvalue weighted by molar-refractivity contribution is 5.58. The summed E-state index contributed by atoms with van der Waals surface area (Å²) in [5, 5.41) is 12.4. The molecule has 25 heavy (non-hydrogen) atoms. The molecule has 0 unspecified atom stereocenters. The number of benzene rings is 1.